The first-order valence-corrected chi connectivity index (χ1v) is 15.1. The molecule has 9 aromatic rings. The molecule has 0 aliphatic rings. The Kier molecular flexibility index (Phi) is 5.00. The second-order valence-electron chi connectivity index (χ2n) is 11.3. The lowest BCUT2D eigenvalue weighted by molar-refractivity contribution is 0.669. The van der Waals surface area contributed by atoms with Crippen LogP contribution in [0.4, 0.5) is 0 Å². The lowest BCUT2D eigenvalue weighted by atomic mass is 9.85. The predicted molar refractivity (Wildman–Crippen MR) is 190 cm³/mol. The summed E-state index contributed by atoms with van der Waals surface area (Å²) in [6.45, 7) is 0. The van der Waals surface area contributed by atoms with Crippen molar-refractivity contribution in [3.05, 3.63) is 170 Å². The zero-order valence-electron chi connectivity index (χ0n) is 28.3. The fourth-order valence-corrected chi connectivity index (χ4v) is 6.77. The number of rotatable bonds is 4. The predicted octanol–water partition coefficient (Wildman–Crippen LogP) is 12.6. The molecule has 0 saturated heterocycles. The minimum atomic E-state index is -0.188. The average Bonchev–Trinajstić information content (AvgIpc) is 3.53. The molecule has 0 saturated carbocycles. The van der Waals surface area contributed by atoms with Crippen molar-refractivity contribution < 1.29 is 9.90 Å². The normalized spacial score (nSPS) is 12.8. The highest BCUT2D eigenvalue weighted by Gasteiger charge is 2.19. The van der Waals surface area contributed by atoms with Crippen LogP contribution in [0.15, 0.2) is 174 Å². The van der Waals surface area contributed by atoms with Gasteiger partial charge in [0.1, 0.15) is 11.2 Å². The summed E-state index contributed by atoms with van der Waals surface area (Å²) in [6, 6.07) is 48.2. The smallest absolute Gasteiger partial charge is 0.136 e. The van der Waals surface area contributed by atoms with Gasteiger partial charge in [-0.1, -0.05) is 146 Å². The molecule has 1 aromatic heterocycles. The number of benzene rings is 8. The molecule has 0 spiro atoms. The molecule has 0 amide bonds. The van der Waals surface area contributed by atoms with E-state index in [-0.39, 0.29) is 24.2 Å². The minimum absolute atomic E-state index is 0.0816. The summed E-state index contributed by atoms with van der Waals surface area (Å²) < 4.78 is 42.7. The largest absolute Gasteiger partial charge is 0.456 e. The lowest BCUT2D eigenvalue weighted by Crippen LogP contribution is -1.91. The molecule has 1 nitrogen and oxygen atoms in total. The summed E-state index contributed by atoms with van der Waals surface area (Å²) in [6.07, 6.45) is 0. The van der Waals surface area contributed by atoms with E-state index in [9.17, 15) is 1.37 Å². The third-order valence-electron chi connectivity index (χ3n) is 8.74. The summed E-state index contributed by atoms with van der Waals surface area (Å²) in [7, 11) is 0. The van der Waals surface area contributed by atoms with Crippen LogP contribution in [0.25, 0.3) is 88.0 Å². The Labute approximate surface area is 267 Å². The maximum absolute atomic E-state index is 9.46. The van der Waals surface area contributed by atoms with Crippen LogP contribution in [-0.2, 0) is 0 Å². The molecule has 45 heavy (non-hydrogen) atoms. The van der Waals surface area contributed by atoms with Crippen LogP contribution in [-0.4, -0.2) is 0 Å². The molecule has 0 atom stereocenters. The molecule has 0 aliphatic carbocycles. The van der Waals surface area contributed by atoms with Crippen LogP contribution in [0, 0.1) is 0 Å². The maximum Gasteiger partial charge on any atom is 0.136 e. The first-order chi connectivity index (χ1) is 24.0. The molecule has 0 N–H and O–H groups in total. The highest BCUT2D eigenvalue weighted by molar-refractivity contribution is 6.22. The van der Waals surface area contributed by atoms with Gasteiger partial charge in [-0.2, -0.15) is 0 Å². The Bertz CT molecular complexity index is 2690. The van der Waals surface area contributed by atoms with E-state index in [2.05, 4.69) is 60.7 Å². The molecule has 0 aliphatic heterocycles. The quantitative estimate of drug-likeness (QED) is 0.190. The van der Waals surface area contributed by atoms with Gasteiger partial charge in [0, 0.05) is 10.8 Å². The maximum atomic E-state index is 9.46. The number of furan rings is 1. The van der Waals surface area contributed by atoms with E-state index in [1.807, 2.05) is 84.9 Å². The average molecular weight is 577 g/mol. The van der Waals surface area contributed by atoms with Crippen LogP contribution in [0.2, 0.25) is 0 Å². The van der Waals surface area contributed by atoms with Crippen LogP contribution in [0.1, 0.15) is 5.48 Å². The van der Waals surface area contributed by atoms with Crippen molar-refractivity contribution in [2.24, 2.45) is 0 Å². The molecular formula is C44H28O. The van der Waals surface area contributed by atoms with E-state index in [0.717, 1.165) is 71.3 Å². The fourth-order valence-electron chi connectivity index (χ4n) is 6.77. The summed E-state index contributed by atoms with van der Waals surface area (Å²) in [4.78, 5) is 0. The SMILES string of the molecule is [2H]c1c([2H])c(-c2ccccc2)c([2H])c(-c2c3ccccc3c(-c3ccc4c(c3)oc3cccc(-c5ccccc5)c34)c3ccccc23)c1[2H]. The second-order valence-corrected chi connectivity index (χ2v) is 11.3. The van der Waals surface area contributed by atoms with E-state index >= 15 is 0 Å². The van der Waals surface area contributed by atoms with Gasteiger partial charge in [0.15, 0.2) is 0 Å². The Morgan fingerprint density at radius 1 is 0.400 bits per heavy atom. The Morgan fingerprint density at radius 3 is 1.64 bits per heavy atom. The van der Waals surface area contributed by atoms with E-state index in [0.29, 0.717) is 16.7 Å². The van der Waals surface area contributed by atoms with Crippen molar-refractivity contribution in [3.8, 4) is 44.5 Å². The zero-order valence-corrected chi connectivity index (χ0v) is 24.3. The Morgan fingerprint density at radius 2 is 0.978 bits per heavy atom. The van der Waals surface area contributed by atoms with Gasteiger partial charge in [-0.15, -0.1) is 0 Å². The first kappa shape index (κ1) is 21.7. The summed E-state index contributed by atoms with van der Waals surface area (Å²) in [5, 5.41) is 5.84. The van der Waals surface area contributed by atoms with Crippen LogP contribution in [0.3, 0.4) is 0 Å². The highest BCUT2D eigenvalue weighted by Crippen LogP contribution is 2.45. The topological polar surface area (TPSA) is 13.1 Å². The number of fused-ring (bicyclic) bond motifs is 5. The van der Waals surface area contributed by atoms with Gasteiger partial charge < -0.3 is 4.42 Å². The summed E-state index contributed by atoms with van der Waals surface area (Å²) >= 11 is 0. The summed E-state index contributed by atoms with van der Waals surface area (Å²) in [5.74, 6) is 0. The first-order valence-electron chi connectivity index (χ1n) is 17.1. The molecule has 8 aromatic carbocycles. The van der Waals surface area contributed by atoms with Gasteiger partial charge >= 0.3 is 0 Å². The lowest BCUT2D eigenvalue weighted by Gasteiger charge is -2.18. The Balaban J connectivity index is 1.34. The van der Waals surface area contributed by atoms with Gasteiger partial charge in [0.2, 0.25) is 0 Å². The molecule has 210 valence electrons. The molecule has 0 unspecified atom stereocenters. The second kappa shape index (κ2) is 10.4. The highest BCUT2D eigenvalue weighted by atomic mass is 16.3. The zero-order chi connectivity index (χ0) is 33.2. The third-order valence-corrected chi connectivity index (χ3v) is 8.74. The molecule has 1 heteroatoms. The van der Waals surface area contributed by atoms with Crippen LogP contribution >= 0.6 is 0 Å². The van der Waals surface area contributed by atoms with Crippen LogP contribution < -0.4 is 0 Å². The number of hydrogen-bond acceptors (Lipinski definition) is 1. The number of hydrogen-bond donors (Lipinski definition) is 0. The van der Waals surface area contributed by atoms with Gasteiger partial charge in [0.05, 0.1) is 5.48 Å². The fraction of sp³-hybridized carbons (Fsp3) is 0. The monoisotopic (exact) mass is 576 g/mol. The van der Waals surface area contributed by atoms with E-state index in [4.69, 9.17) is 8.53 Å². The van der Waals surface area contributed by atoms with Crippen molar-refractivity contribution in [1.29, 1.82) is 0 Å². The molecule has 9 rings (SSSR count). The van der Waals surface area contributed by atoms with Gasteiger partial charge in [-0.25, -0.2) is 0 Å². The van der Waals surface area contributed by atoms with Crippen molar-refractivity contribution >= 4 is 43.5 Å². The van der Waals surface area contributed by atoms with Crippen LogP contribution in [0.5, 0.6) is 0 Å². The van der Waals surface area contributed by atoms with E-state index < -0.39 is 0 Å². The van der Waals surface area contributed by atoms with Crippen molar-refractivity contribution in [2.75, 3.05) is 0 Å². The standard InChI is InChI=1S/C44H28O/c1-3-13-29(14-4-1)31-17-11-18-32(27-31)42-35-19-7-9-21-37(35)43(38-22-10-8-20-36(38)42)33-25-26-39-41(28-33)45-40-24-12-23-34(44(39)40)30-15-5-2-6-16-30/h1-28H/i11D,17D,18D,27D. The van der Waals surface area contributed by atoms with Gasteiger partial charge in [-0.3, -0.25) is 0 Å². The van der Waals surface area contributed by atoms with Gasteiger partial charge in [-0.05, 0) is 90.3 Å². The molecular weight excluding hydrogens is 544 g/mol. The van der Waals surface area contributed by atoms with Crippen molar-refractivity contribution in [2.45, 2.75) is 0 Å². The summed E-state index contributed by atoms with van der Waals surface area (Å²) in [5.41, 5.74) is 8.07. The van der Waals surface area contributed by atoms with Gasteiger partial charge in [0.25, 0.3) is 0 Å². The third kappa shape index (κ3) is 4.17. The minimum Gasteiger partial charge on any atom is -0.456 e. The molecule has 0 bridgehead atoms. The van der Waals surface area contributed by atoms with Crippen molar-refractivity contribution in [3.63, 3.8) is 0 Å². The molecule has 1 heterocycles. The Hall–Kier alpha value is -5.92. The molecule has 0 fully saturated rings. The van der Waals surface area contributed by atoms with Crippen molar-refractivity contribution in [1.82, 2.24) is 0 Å². The van der Waals surface area contributed by atoms with E-state index in [1.165, 1.54) is 0 Å². The molecule has 0 radical (unpaired) electrons. The van der Waals surface area contributed by atoms with E-state index in [1.54, 1.807) is 0 Å².